The van der Waals surface area contributed by atoms with E-state index in [4.69, 9.17) is 0 Å². The summed E-state index contributed by atoms with van der Waals surface area (Å²) in [5, 5.41) is 7.49. The minimum atomic E-state index is -0.452. The molecule has 3 rings (SSSR count). The van der Waals surface area contributed by atoms with E-state index in [9.17, 15) is 9.59 Å². The van der Waals surface area contributed by atoms with Crippen molar-refractivity contribution in [3.8, 4) is 0 Å². The summed E-state index contributed by atoms with van der Waals surface area (Å²) < 4.78 is 1.67. The van der Waals surface area contributed by atoms with Crippen LogP contribution in [0, 0.1) is 0 Å². The van der Waals surface area contributed by atoms with Crippen molar-refractivity contribution in [2.24, 2.45) is 0 Å². The van der Waals surface area contributed by atoms with Crippen LogP contribution >= 0.6 is 0 Å². The normalized spacial score (nSPS) is 10.7. The molecule has 0 radical (unpaired) electrons. The van der Waals surface area contributed by atoms with Crippen LogP contribution in [0.3, 0.4) is 0 Å². The molecule has 1 aromatic heterocycles. The van der Waals surface area contributed by atoms with Crippen molar-refractivity contribution < 1.29 is 4.79 Å². The zero-order valence-electron chi connectivity index (χ0n) is 12.8. The van der Waals surface area contributed by atoms with Crippen LogP contribution in [0.4, 0.5) is 0 Å². The first-order valence-corrected chi connectivity index (χ1v) is 7.52. The summed E-state index contributed by atoms with van der Waals surface area (Å²) >= 11 is 0. The Morgan fingerprint density at radius 1 is 1.09 bits per heavy atom. The lowest BCUT2D eigenvalue weighted by Crippen LogP contribution is -2.31. The van der Waals surface area contributed by atoms with Crippen molar-refractivity contribution in [3.63, 3.8) is 0 Å². The number of aromatic nitrogens is 2. The molecule has 5 nitrogen and oxygen atoms in total. The van der Waals surface area contributed by atoms with Crippen LogP contribution < -0.4 is 10.7 Å². The second-order valence-electron chi connectivity index (χ2n) is 5.18. The highest BCUT2D eigenvalue weighted by Crippen LogP contribution is 2.09. The third kappa shape index (κ3) is 2.99. The van der Waals surface area contributed by atoms with Gasteiger partial charge in [-0.1, -0.05) is 42.5 Å². The number of para-hydroxylation sites is 1. The molecule has 0 atom stereocenters. The van der Waals surface area contributed by atoms with Gasteiger partial charge >= 0.3 is 0 Å². The lowest BCUT2D eigenvalue weighted by molar-refractivity contribution is 0.0943. The molecule has 0 fully saturated rings. The van der Waals surface area contributed by atoms with Gasteiger partial charge in [-0.15, -0.1) is 0 Å². The smallest absolute Gasteiger partial charge is 0.276 e. The quantitative estimate of drug-likeness (QED) is 0.804. The Bertz CT molecular complexity index is 901. The Kier molecular flexibility index (Phi) is 4.19. The molecule has 1 amide bonds. The molecule has 1 N–H and O–H groups in total. The first-order chi connectivity index (χ1) is 11.2. The Labute approximate surface area is 133 Å². The van der Waals surface area contributed by atoms with Gasteiger partial charge in [0, 0.05) is 18.5 Å². The molecule has 0 spiro atoms. The Morgan fingerprint density at radius 3 is 2.52 bits per heavy atom. The fourth-order valence-corrected chi connectivity index (χ4v) is 2.49. The zero-order chi connectivity index (χ0) is 16.2. The summed E-state index contributed by atoms with van der Waals surface area (Å²) in [6, 6.07) is 16.7. The summed E-state index contributed by atoms with van der Waals surface area (Å²) in [7, 11) is 0. The van der Waals surface area contributed by atoms with Gasteiger partial charge in [0.1, 0.15) is 0 Å². The van der Waals surface area contributed by atoms with Crippen LogP contribution in [0.15, 0.2) is 59.4 Å². The van der Waals surface area contributed by atoms with Crippen LogP contribution in [-0.2, 0) is 13.1 Å². The average Bonchev–Trinajstić information content (AvgIpc) is 2.61. The molecule has 0 bridgehead atoms. The molecule has 0 unspecified atom stereocenters. The van der Waals surface area contributed by atoms with Crippen LogP contribution in [-0.4, -0.2) is 15.7 Å². The molecule has 3 aromatic rings. The zero-order valence-corrected chi connectivity index (χ0v) is 12.8. The van der Waals surface area contributed by atoms with Crippen molar-refractivity contribution >= 4 is 16.8 Å². The number of hydrogen-bond donors (Lipinski definition) is 1. The highest BCUT2D eigenvalue weighted by Gasteiger charge is 2.16. The fraction of sp³-hybridized carbons (Fsp3) is 0.167. The lowest BCUT2D eigenvalue weighted by atomic mass is 10.2. The number of nitrogens with zero attached hydrogens (tertiary/aromatic N) is 2. The largest absolute Gasteiger partial charge is 0.346 e. The van der Waals surface area contributed by atoms with E-state index in [1.165, 1.54) is 0 Å². The van der Waals surface area contributed by atoms with Gasteiger partial charge in [0.25, 0.3) is 5.91 Å². The van der Waals surface area contributed by atoms with E-state index >= 15 is 0 Å². The number of fused-ring (bicyclic) bond motifs is 1. The van der Waals surface area contributed by atoms with E-state index < -0.39 is 5.91 Å². The molecule has 0 saturated heterocycles. The Balaban J connectivity index is 1.94. The number of benzene rings is 2. The molecular formula is C18H17N3O2. The van der Waals surface area contributed by atoms with Gasteiger partial charge in [-0.05, 0) is 24.6 Å². The average molecular weight is 307 g/mol. The summed E-state index contributed by atoms with van der Waals surface area (Å²) in [4.78, 5) is 24.9. The Morgan fingerprint density at radius 2 is 1.78 bits per heavy atom. The van der Waals surface area contributed by atoms with Crippen molar-refractivity contribution in [1.29, 1.82) is 0 Å². The molecule has 1 heterocycles. The first kappa shape index (κ1) is 15.0. The van der Waals surface area contributed by atoms with Gasteiger partial charge in [-0.25, -0.2) is 0 Å². The summed E-state index contributed by atoms with van der Waals surface area (Å²) in [5.74, 6) is -0.452. The summed E-state index contributed by atoms with van der Waals surface area (Å²) in [6.45, 7) is 2.87. The monoisotopic (exact) mass is 307 g/mol. The van der Waals surface area contributed by atoms with E-state index in [1.807, 2.05) is 49.4 Å². The van der Waals surface area contributed by atoms with Gasteiger partial charge in [-0.3, -0.25) is 14.3 Å². The van der Waals surface area contributed by atoms with Crippen molar-refractivity contribution in [2.45, 2.75) is 20.0 Å². The Hall–Kier alpha value is -2.95. The van der Waals surface area contributed by atoms with Gasteiger partial charge in [0.2, 0.25) is 5.43 Å². The molecule has 0 aliphatic rings. The third-order valence-electron chi connectivity index (χ3n) is 3.67. The van der Waals surface area contributed by atoms with Crippen LogP contribution in [0.5, 0.6) is 0 Å². The minimum absolute atomic E-state index is 0.0681. The van der Waals surface area contributed by atoms with E-state index in [-0.39, 0.29) is 11.1 Å². The first-order valence-electron chi connectivity index (χ1n) is 7.52. The molecule has 0 aliphatic carbocycles. The van der Waals surface area contributed by atoms with Crippen LogP contribution in [0.1, 0.15) is 23.0 Å². The molecule has 0 aliphatic heterocycles. The maximum absolute atomic E-state index is 12.5. The highest BCUT2D eigenvalue weighted by atomic mass is 16.2. The van der Waals surface area contributed by atoms with Crippen LogP contribution in [0.2, 0.25) is 0 Å². The van der Waals surface area contributed by atoms with Gasteiger partial charge < -0.3 is 5.32 Å². The number of rotatable bonds is 4. The molecule has 2 aromatic carbocycles. The third-order valence-corrected chi connectivity index (χ3v) is 3.67. The van der Waals surface area contributed by atoms with E-state index in [2.05, 4.69) is 10.4 Å². The number of hydrogen-bond acceptors (Lipinski definition) is 3. The van der Waals surface area contributed by atoms with Gasteiger partial charge in [-0.2, -0.15) is 5.10 Å². The molecular weight excluding hydrogens is 290 g/mol. The second kappa shape index (κ2) is 6.44. The number of carbonyl (C=O) groups excluding carboxylic acids is 1. The highest BCUT2D eigenvalue weighted by molar-refractivity contribution is 5.95. The van der Waals surface area contributed by atoms with Crippen molar-refractivity contribution in [2.75, 3.05) is 0 Å². The maximum Gasteiger partial charge on any atom is 0.276 e. The fourth-order valence-electron chi connectivity index (χ4n) is 2.49. The van der Waals surface area contributed by atoms with Gasteiger partial charge in [0.05, 0.1) is 5.52 Å². The number of carbonyl (C=O) groups is 1. The number of amides is 1. The van der Waals surface area contributed by atoms with Crippen molar-refractivity contribution in [1.82, 2.24) is 15.1 Å². The summed E-state index contributed by atoms with van der Waals surface area (Å²) in [5.41, 5.74) is 1.30. The number of nitrogens with one attached hydrogen (secondary N) is 1. The lowest BCUT2D eigenvalue weighted by Gasteiger charge is -2.10. The number of aryl methyl sites for hydroxylation is 1. The molecule has 0 saturated carbocycles. The minimum Gasteiger partial charge on any atom is -0.346 e. The maximum atomic E-state index is 12.5. The SMILES string of the molecule is CCn1nc(C(=O)NCc2ccccc2)c(=O)c2ccccc21. The predicted octanol–water partition coefficient (Wildman–Crippen LogP) is 2.35. The van der Waals surface area contributed by atoms with Crippen LogP contribution in [0.25, 0.3) is 10.9 Å². The molecule has 116 valence electrons. The summed E-state index contributed by atoms with van der Waals surface area (Å²) in [6.07, 6.45) is 0. The van der Waals surface area contributed by atoms with Gasteiger partial charge in [0.15, 0.2) is 5.69 Å². The molecule has 5 heteroatoms. The van der Waals surface area contributed by atoms with Crippen molar-refractivity contribution in [3.05, 3.63) is 76.1 Å². The standard InChI is InChI=1S/C18H17N3O2/c1-2-21-15-11-7-6-10-14(15)17(22)16(20-21)18(23)19-12-13-8-4-3-5-9-13/h3-11H,2,12H2,1H3,(H,19,23). The second-order valence-corrected chi connectivity index (χ2v) is 5.18. The topological polar surface area (TPSA) is 64.0 Å². The van der Waals surface area contributed by atoms with E-state index in [0.29, 0.717) is 18.5 Å². The molecule has 23 heavy (non-hydrogen) atoms. The predicted molar refractivity (Wildman–Crippen MR) is 89.3 cm³/mol. The van der Waals surface area contributed by atoms with E-state index in [1.54, 1.807) is 16.8 Å². The van der Waals surface area contributed by atoms with E-state index in [0.717, 1.165) is 11.1 Å².